The van der Waals surface area contributed by atoms with Crippen LogP contribution in [0.1, 0.15) is 51.2 Å². The van der Waals surface area contributed by atoms with Crippen LogP contribution in [0.2, 0.25) is 0 Å². The molecule has 0 spiro atoms. The van der Waals surface area contributed by atoms with Gasteiger partial charge in [-0.1, -0.05) is 13.8 Å². The van der Waals surface area contributed by atoms with Crippen molar-refractivity contribution >= 4 is 5.96 Å². The Morgan fingerprint density at radius 2 is 2.18 bits per heavy atom. The largest absolute Gasteiger partial charge is 0.349 e. The van der Waals surface area contributed by atoms with Crippen molar-refractivity contribution in [2.75, 3.05) is 20.1 Å². The van der Waals surface area contributed by atoms with E-state index in [9.17, 15) is 0 Å². The zero-order chi connectivity index (χ0) is 15.6. The third kappa shape index (κ3) is 2.96. The number of aromatic nitrogens is 3. The average molecular weight is 304 g/mol. The minimum absolute atomic E-state index is 0.422. The molecule has 0 aliphatic carbocycles. The minimum atomic E-state index is 0.422. The quantitative estimate of drug-likeness (QED) is 0.683. The number of likely N-dealkylation sites (tertiary alicyclic amines) is 1. The summed E-state index contributed by atoms with van der Waals surface area (Å²) in [6, 6.07) is 0. The standard InChI is InChI=1S/C16H28N6/c1-4-16(2)8-10-21(12-16)15(17-3)18-11-14-20-19-13-7-5-6-9-22(13)14/h4-12H2,1-3H3,(H,17,18). The van der Waals surface area contributed by atoms with Crippen LogP contribution in [0.4, 0.5) is 0 Å². The maximum absolute atomic E-state index is 4.46. The first-order valence-electron chi connectivity index (χ1n) is 8.52. The van der Waals surface area contributed by atoms with Gasteiger partial charge in [0.2, 0.25) is 0 Å². The summed E-state index contributed by atoms with van der Waals surface area (Å²) >= 11 is 0. The van der Waals surface area contributed by atoms with Crippen LogP contribution >= 0.6 is 0 Å². The third-order valence-corrected chi connectivity index (χ3v) is 5.26. The zero-order valence-electron chi connectivity index (χ0n) is 14.1. The molecule has 1 N–H and O–H groups in total. The van der Waals surface area contributed by atoms with Gasteiger partial charge in [0, 0.05) is 33.1 Å². The summed E-state index contributed by atoms with van der Waals surface area (Å²) in [7, 11) is 1.86. The van der Waals surface area contributed by atoms with Crippen LogP contribution in [0.25, 0.3) is 0 Å². The fourth-order valence-corrected chi connectivity index (χ4v) is 3.48. The Bertz CT molecular complexity index is 549. The van der Waals surface area contributed by atoms with Gasteiger partial charge in [-0.2, -0.15) is 0 Å². The molecule has 0 radical (unpaired) electrons. The average Bonchev–Trinajstić information content (AvgIpc) is 3.13. The molecule has 0 amide bonds. The lowest BCUT2D eigenvalue weighted by atomic mass is 9.87. The Kier molecular flexibility index (Phi) is 4.36. The lowest BCUT2D eigenvalue weighted by molar-refractivity contribution is 0.322. The third-order valence-electron chi connectivity index (χ3n) is 5.26. The van der Waals surface area contributed by atoms with E-state index in [1.54, 1.807) is 0 Å². The van der Waals surface area contributed by atoms with E-state index in [1.807, 2.05) is 7.05 Å². The second-order valence-corrected chi connectivity index (χ2v) is 6.88. The van der Waals surface area contributed by atoms with Crippen LogP contribution in [0.15, 0.2) is 4.99 Å². The van der Waals surface area contributed by atoms with Crippen LogP contribution in [-0.4, -0.2) is 45.8 Å². The van der Waals surface area contributed by atoms with Crippen molar-refractivity contribution in [3.63, 3.8) is 0 Å². The summed E-state index contributed by atoms with van der Waals surface area (Å²) in [5.74, 6) is 3.16. The van der Waals surface area contributed by atoms with E-state index in [0.29, 0.717) is 12.0 Å². The van der Waals surface area contributed by atoms with Gasteiger partial charge in [0.1, 0.15) is 5.82 Å². The van der Waals surface area contributed by atoms with Crippen molar-refractivity contribution in [2.24, 2.45) is 10.4 Å². The number of aliphatic imine (C=N–C) groups is 1. The predicted molar refractivity (Wildman–Crippen MR) is 87.7 cm³/mol. The molecule has 1 fully saturated rings. The number of hydrogen-bond donors (Lipinski definition) is 1. The Morgan fingerprint density at radius 1 is 1.32 bits per heavy atom. The topological polar surface area (TPSA) is 58.3 Å². The Hall–Kier alpha value is -1.59. The number of hydrogen-bond acceptors (Lipinski definition) is 3. The summed E-state index contributed by atoms with van der Waals surface area (Å²) in [5, 5.41) is 12.1. The number of rotatable bonds is 3. The fourth-order valence-electron chi connectivity index (χ4n) is 3.48. The van der Waals surface area contributed by atoms with Gasteiger partial charge in [-0.05, 0) is 31.1 Å². The Balaban J connectivity index is 1.62. The first-order chi connectivity index (χ1) is 10.6. The van der Waals surface area contributed by atoms with Gasteiger partial charge >= 0.3 is 0 Å². The van der Waals surface area contributed by atoms with E-state index in [-0.39, 0.29) is 0 Å². The molecule has 1 atom stereocenters. The molecule has 0 aromatic carbocycles. The van der Waals surface area contributed by atoms with E-state index in [0.717, 1.165) is 43.7 Å². The van der Waals surface area contributed by atoms with E-state index in [1.165, 1.54) is 25.7 Å². The molecule has 22 heavy (non-hydrogen) atoms. The summed E-state index contributed by atoms with van der Waals surface area (Å²) < 4.78 is 2.27. The molecule has 1 aromatic heterocycles. The Morgan fingerprint density at radius 3 is 2.91 bits per heavy atom. The van der Waals surface area contributed by atoms with Crippen LogP contribution in [0.5, 0.6) is 0 Å². The maximum atomic E-state index is 4.46. The molecule has 1 unspecified atom stereocenters. The van der Waals surface area contributed by atoms with Crippen molar-refractivity contribution in [1.82, 2.24) is 25.0 Å². The molecule has 1 aromatic rings. The highest BCUT2D eigenvalue weighted by atomic mass is 15.3. The van der Waals surface area contributed by atoms with Gasteiger partial charge in [-0.3, -0.25) is 4.99 Å². The maximum Gasteiger partial charge on any atom is 0.194 e. The first-order valence-corrected chi connectivity index (χ1v) is 8.52. The van der Waals surface area contributed by atoms with Gasteiger partial charge < -0.3 is 14.8 Å². The summed E-state index contributed by atoms with van der Waals surface area (Å²) in [5.41, 5.74) is 0.422. The minimum Gasteiger partial charge on any atom is -0.349 e. The van der Waals surface area contributed by atoms with Gasteiger partial charge in [0.05, 0.1) is 6.54 Å². The number of nitrogens with zero attached hydrogens (tertiary/aromatic N) is 5. The molecule has 0 bridgehead atoms. The second-order valence-electron chi connectivity index (χ2n) is 6.88. The first kappa shape index (κ1) is 15.3. The molecule has 1 saturated heterocycles. The molecule has 6 nitrogen and oxygen atoms in total. The van der Waals surface area contributed by atoms with E-state index < -0.39 is 0 Å². The fraction of sp³-hybridized carbons (Fsp3) is 0.812. The molecular formula is C16H28N6. The molecular weight excluding hydrogens is 276 g/mol. The van der Waals surface area contributed by atoms with E-state index >= 15 is 0 Å². The van der Waals surface area contributed by atoms with E-state index in [4.69, 9.17) is 0 Å². The van der Waals surface area contributed by atoms with Gasteiger partial charge in [-0.15, -0.1) is 10.2 Å². The SMILES string of the molecule is CCC1(C)CCN(C(=NC)NCc2nnc3n2CCCC3)C1. The van der Waals surface area contributed by atoms with Crippen molar-refractivity contribution in [3.8, 4) is 0 Å². The Labute approximate surface area is 133 Å². The van der Waals surface area contributed by atoms with Crippen molar-refractivity contribution in [3.05, 3.63) is 11.6 Å². The molecule has 2 aliphatic heterocycles. The van der Waals surface area contributed by atoms with Gasteiger partial charge in [0.25, 0.3) is 0 Å². The lowest BCUT2D eigenvalue weighted by Crippen LogP contribution is -2.41. The van der Waals surface area contributed by atoms with Crippen molar-refractivity contribution in [2.45, 2.75) is 59.0 Å². The van der Waals surface area contributed by atoms with Crippen LogP contribution in [-0.2, 0) is 19.5 Å². The van der Waals surface area contributed by atoms with Crippen molar-refractivity contribution < 1.29 is 0 Å². The van der Waals surface area contributed by atoms with Crippen LogP contribution < -0.4 is 5.32 Å². The number of guanidine groups is 1. The summed E-state index contributed by atoms with van der Waals surface area (Å²) in [6.07, 6.45) is 5.98. The summed E-state index contributed by atoms with van der Waals surface area (Å²) in [6.45, 7) is 8.58. The zero-order valence-corrected chi connectivity index (χ0v) is 14.1. The highest BCUT2D eigenvalue weighted by molar-refractivity contribution is 5.80. The molecule has 3 heterocycles. The molecule has 6 heteroatoms. The molecule has 0 saturated carbocycles. The number of fused-ring (bicyclic) bond motifs is 1. The number of aryl methyl sites for hydroxylation is 1. The van der Waals surface area contributed by atoms with Crippen LogP contribution in [0, 0.1) is 5.41 Å². The highest BCUT2D eigenvalue weighted by Gasteiger charge is 2.33. The van der Waals surface area contributed by atoms with Crippen molar-refractivity contribution in [1.29, 1.82) is 0 Å². The summed E-state index contributed by atoms with van der Waals surface area (Å²) in [4.78, 5) is 6.83. The van der Waals surface area contributed by atoms with E-state index in [2.05, 4.69) is 43.8 Å². The monoisotopic (exact) mass is 304 g/mol. The van der Waals surface area contributed by atoms with Crippen LogP contribution in [0.3, 0.4) is 0 Å². The van der Waals surface area contributed by atoms with Gasteiger partial charge in [-0.25, -0.2) is 0 Å². The smallest absolute Gasteiger partial charge is 0.194 e. The number of nitrogens with one attached hydrogen (secondary N) is 1. The normalized spacial score (nSPS) is 25.4. The highest BCUT2D eigenvalue weighted by Crippen LogP contribution is 2.32. The second kappa shape index (κ2) is 6.26. The lowest BCUT2D eigenvalue weighted by Gasteiger charge is -2.25. The molecule has 122 valence electrons. The predicted octanol–water partition coefficient (Wildman–Crippen LogP) is 1.81. The molecule has 2 aliphatic rings. The van der Waals surface area contributed by atoms with Gasteiger partial charge in [0.15, 0.2) is 11.8 Å². The molecule has 3 rings (SSSR count).